The van der Waals surface area contributed by atoms with Crippen molar-refractivity contribution >= 4 is 17.2 Å². The van der Waals surface area contributed by atoms with E-state index in [1.165, 1.54) is 11.3 Å². The minimum Gasteiger partial charge on any atom is -0.394 e. The molecule has 6 heteroatoms. The second-order valence-corrected chi connectivity index (χ2v) is 7.82. The maximum Gasteiger partial charge on any atom is 0.274 e. The van der Waals surface area contributed by atoms with E-state index >= 15 is 0 Å². The van der Waals surface area contributed by atoms with Crippen molar-refractivity contribution in [3.8, 4) is 10.4 Å². The van der Waals surface area contributed by atoms with E-state index in [4.69, 9.17) is 0 Å². The maximum atomic E-state index is 13.2. The quantitative estimate of drug-likeness (QED) is 0.894. The first-order valence-corrected chi connectivity index (χ1v) is 9.06. The smallest absolute Gasteiger partial charge is 0.274 e. The monoisotopic (exact) mass is 344 g/mol. The third-order valence-corrected chi connectivity index (χ3v) is 6.19. The second-order valence-electron chi connectivity index (χ2n) is 6.61. The summed E-state index contributed by atoms with van der Waals surface area (Å²) in [5.41, 5.74) is 1.40. The lowest BCUT2D eigenvalue weighted by Gasteiger charge is -2.55. The molecule has 0 radical (unpaired) electrons. The Bertz CT molecular complexity index is 755. The summed E-state index contributed by atoms with van der Waals surface area (Å²) in [5.74, 6) is 0.0291. The molecule has 1 aromatic heterocycles. The van der Waals surface area contributed by atoms with Crippen molar-refractivity contribution < 1.29 is 15.0 Å². The van der Waals surface area contributed by atoms with E-state index in [-0.39, 0.29) is 24.5 Å². The van der Waals surface area contributed by atoms with Gasteiger partial charge in [0.05, 0.1) is 28.6 Å². The zero-order valence-electron chi connectivity index (χ0n) is 13.4. The van der Waals surface area contributed by atoms with E-state index in [9.17, 15) is 15.0 Å². The van der Waals surface area contributed by atoms with Crippen LogP contribution in [0.1, 0.15) is 28.3 Å². The van der Waals surface area contributed by atoms with Gasteiger partial charge in [0.25, 0.3) is 5.91 Å². The highest BCUT2D eigenvalue weighted by molar-refractivity contribution is 7.15. The number of aryl methyl sites for hydroxylation is 1. The van der Waals surface area contributed by atoms with Gasteiger partial charge < -0.3 is 15.1 Å². The summed E-state index contributed by atoms with van der Waals surface area (Å²) in [7, 11) is 0. The number of carbonyl (C=O) groups is 1. The van der Waals surface area contributed by atoms with Crippen LogP contribution in [0.5, 0.6) is 0 Å². The van der Waals surface area contributed by atoms with E-state index in [0.717, 1.165) is 28.3 Å². The number of aromatic nitrogens is 1. The molecule has 2 aliphatic heterocycles. The molecule has 3 fully saturated rings. The van der Waals surface area contributed by atoms with Crippen LogP contribution in [-0.2, 0) is 0 Å². The lowest BCUT2D eigenvalue weighted by Crippen LogP contribution is -2.67. The molecule has 5 nitrogen and oxygen atoms in total. The van der Waals surface area contributed by atoms with Gasteiger partial charge in [-0.1, -0.05) is 30.3 Å². The van der Waals surface area contributed by atoms with Crippen LogP contribution in [0.3, 0.4) is 0 Å². The van der Waals surface area contributed by atoms with Gasteiger partial charge in [-0.05, 0) is 31.2 Å². The van der Waals surface area contributed by atoms with Gasteiger partial charge in [-0.2, -0.15) is 0 Å². The van der Waals surface area contributed by atoms with Crippen molar-refractivity contribution in [2.75, 3.05) is 6.61 Å². The zero-order valence-corrected chi connectivity index (χ0v) is 14.2. The molecule has 2 saturated heterocycles. The molecule has 2 N–H and O–H groups in total. The Kier molecular flexibility index (Phi) is 3.90. The molecule has 1 saturated carbocycles. The zero-order chi connectivity index (χ0) is 16.8. The molecular weight excluding hydrogens is 324 g/mol. The molecule has 1 aliphatic carbocycles. The third-order valence-electron chi connectivity index (χ3n) is 5.17. The van der Waals surface area contributed by atoms with E-state index in [2.05, 4.69) is 4.98 Å². The third kappa shape index (κ3) is 2.37. The van der Waals surface area contributed by atoms with Crippen LogP contribution in [-0.4, -0.2) is 50.8 Å². The highest BCUT2D eigenvalue weighted by Crippen LogP contribution is 2.44. The number of rotatable bonds is 3. The molecule has 1 amide bonds. The van der Waals surface area contributed by atoms with Crippen molar-refractivity contribution in [2.24, 2.45) is 5.92 Å². The van der Waals surface area contributed by atoms with Crippen LogP contribution >= 0.6 is 11.3 Å². The molecule has 2 aromatic rings. The fourth-order valence-electron chi connectivity index (χ4n) is 3.88. The van der Waals surface area contributed by atoms with E-state index in [1.807, 2.05) is 37.3 Å². The Hall–Kier alpha value is -1.76. The largest absolute Gasteiger partial charge is 0.394 e. The summed E-state index contributed by atoms with van der Waals surface area (Å²) in [5, 5.41) is 20.9. The average molecular weight is 344 g/mol. The average Bonchev–Trinajstić information content (AvgIpc) is 2.95. The molecule has 2 atom stereocenters. The Morgan fingerprint density at radius 2 is 2.04 bits per heavy atom. The van der Waals surface area contributed by atoms with Gasteiger partial charge in [0, 0.05) is 6.04 Å². The summed E-state index contributed by atoms with van der Waals surface area (Å²) in [6, 6.07) is 9.34. The molecule has 1 aromatic carbocycles. The fraction of sp³-hybridized carbons (Fsp3) is 0.444. The first-order chi connectivity index (χ1) is 11.6. The Balaban J connectivity index is 1.72. The predicted molar refractivity (Wildman–Crippen MR) is 91.8 cm³/mol. The molecule has 126 valence electrons. The number of aliphatic hydroxyl groups excluding tert-OH is 2. The van der Waals surface area contributed by atoms with Crippen LogP contribution in [0.2, 0.25) is 0 Å². The number of aliphatic hydroxyl groups is 2. The molecule has 0 spiro atoms. The summed E-state index contributed by atoms with van der Waals surface area (Å²) in [6.45, 7) is 1.67. The van der Waals surface area contributed by atoms with Crippen LogP contribution in [0.4, 0.5) is 0 Å². The van der Waals surface area contributed by atoms with Crippen LogP contribution in [0.15, 0.2) is 30.3 Å². The van der Waals surface area contributed by atoms with Crippen molar-refractivity contribution in [3.05, 3.63) is 41.0 Å². The lowest BCUT2D eigenvalue weighted by atomic mass is 9.68. The molecule has 3 aliphatic rings. The topological polar surface area (TPSA) is 73.7 Å². The Labute approximate surface area is 144 Å². The normalized spacial score (nSPS) is 28.5. The molecule has 2 bridgehead atoms. The van der Waals surface area contributed by atoms with Gasteiger partial charge in [0.1, 0.15) is 5.69 Å². The number of fused-ring (bicyclic) bond motifs is 2. The number of piperidine rings is 2. The van der Waals surface area contributed by atoms with Crippen LogP contribution in [0, 0.1) is 12.8 Å². The van der Waals surface area contributed by atoms with Crippen molar-refractivity contribution in [1.29, 1.82) is 0 Å². The molecule has 0 unspecified atom stereocenters. The number of amides is 1. The standard InChI is InChI=1S/C18H20N2O3S/c1-10-19-15(17(24-10)11-5-3-2-4-6-11)18(23)20-13-7-12(8-13)16(22)14(20)9-21/h2-6,12-14,16,21-22H,7-9H2,1H3/t12?,13?,14-,16-/m1/s1. The number of carbonyl (C=O) groups excluding carboxylic acids is 1. The highest BCUT2D eigenvalue weighted by atomic mass is 32.1. The van der Waals surface area contributed by atoms with Crippen molar-refractivity contribution in [2.45, 2.75) is 38.0 Å². The first-order valence-electron chi connectivity index (χ1n) is 8.24. The molecular formula is C18H20N2O3S. The second kappa shape index (κ2) is 5.95. The summed E-state index contributed by atoms with van der Waals surface area (Å²) < 4.78 is 0. The maximum absolute atomic E-state index is 13.2. The SMILES string of the molecule is Cc1nc(C(=O)N2C3CC(C3)[C@@H](O)[C@H]2CO)c(-c2ccccc2)s1. The predicted octanol–water partition coefficient (Wildman–Crippen LogP) is 2.07. The lowest BCUT2D eigenvalue weighted by molar-refractivity contribution is -0.119. The van der Waals surface area contributed by atoms with E-state index in [0.29, 0.717) is 5.69 Å². The Morgan fingerprint density at radius 3 is 2.71 bits per heavy atom. The minimum atomic E-state index is -0.649. The van der Waals surface area contributed by atoms with Gasteiger partial charge in [0.2, 0.25) is 0 Å². The number of nitrogens with zero attached hydrogens (tertiary/aromatic N) is 2. The van der Waals surface area contributed by atoms with Crippen molar-refractivity contribution in [3.63, 3.8) is 0 Å². The Morgan fingerprint density at radius 1 is 1.33 bits per heavy atom. The highest BCUT2D eigenvalue weighted by Gasteiger charge is 2.52. The number of thiazole rings is 1. The molecule has 3 heterocycles. The van der Waals surface area contributed by atoms with E-state index < -0.39 is 12.1 Å². The first kappa shape index (κ1) is 15.7. The summed E-state index contributed by atoms with van der Waals surface area (Å²) in [6.07, 6.45) is 0.976. The summed E-state index contributed by atoms with van der Waals surface area (Å²) in [4.78, 5) is 20.2. The summed E-state index contributed by atoms with van der Waals surface area (Å²) >= 11 is 1.50. The van der Waals surface area contributed by atoms with Gasteiger partial charge in [-0.3, -0.25) is 4.79 Å². The van der Waals surface area contributed by atoms with Gasteiger partial charge >= 0.3 is 0 Å². The van der Waals surface area contributed by atoms with E-state index in [1.54, 1.807) is 4.90 Å². The van der Waals surface area contributed by atoms with Gasteiger partial charge in [-0.25, -0.2) is 4.98 Å². The van der Waals surface area contributed by atoms with Crippen LogP contribution in [0.25, 0.3) is 10.4 Å². The fourth-order valence-corrected chi connectivity index (χ4v) is 4.79. The van der Waals surface area contributed by atoms with Crippen LogP contribution < -0.4 is 0 Å². The number of benzene rings is 1. The molecule has 24 heavy (non-hydrogen) atoms. The van der Waals surface area contributed by atoms with Gasteiger partial charge in [-0.15, -0.1) is 11.3 Å². The molecule has 5 rings (SSSR count). The number of hydrogen-bond donors (Lipinski definition) is 2. The number of hydrogen-bond acceptors (Lipinski definition) is 5. The minimum absolute atomic E-state index is 0.105. The van der Waals surface area contributed by atoms with Crippen molar-refractivity contribution in [1.82, 2.24) is 9.88 Å². The van der Waals surface area contributed by atoms with Gasteiger partial charge in [0.15, 0.2) is 0 Å².